The molecule has 1 atom stereocenters. The van der Waals surface area contributed by atoms with Crippen LogP contribution in [0.4, 0.5) is 5.69 Å². The number of carbonyl (C=O) groups is 1. The average Bonchev–Trinajstić information content (AvgIpc) is 2.38. The molecule has 0 aliphatic rings. The standard InChI is InChI=1S/C13H15N3O3/c1-4-13(3,8-14)15-12(17)10-7-9(2)5-6-11(10)16(18)19/h5-7H,4H2,1-3H3,(H,15,17). The molecule has 1 amide bonds. The van der Waals surface area contributed by atoms with Crippen molar-refractivity contribution < 1.29 is 9.72 Å². The molecule has 100 valence electrons. The summed E-state index contributed by atoms with van der Waals surface area (Å²) in [5.74, 6) is -0.610. The zero-order chi connectivity index (χ0) is 14.6. The van der Waals surface area contributed by atoms with Crippen LogP contribution in [-0.4, -0.2) is 16.4 Å². The maximum Gasteiger partial charge on any atom is 0.282 e. The number of nitrogens with zero attached hydrogens (tertiary/aromatic N) is 2. The highest BCUT2D eigenvalue weighted by molar-refractivity contribution is 5.98. The third-order valence-electron chi connectivity index (χ3n) is 2.94. The Balaban J connectivity index is 3.17. The van der Waals surface area contributed by atoms with Crippen LogP contribution in [0.25, 0.3) is 0 Å². The lowest BCUT2D eigenvalue weighted by Gasteiger charge is -2.21. The van der Waals surface area contributed by atoms with Crippen LogP contribution >= 0.6 is 0 Å². The number of hydrogen-bond acceptors (Lipinski definition) is 4. The van der Waals surface area contributed by atoms with Gasteiger partial charge in [-0.2, -0.15) is 5.26 Å². The number of nitriles is 1. The predicted molar refractivity (Wildman–Crippen MR) is 69.6 cm³/mol. The average molecular weight is 261 g/mol. The van der Waals surface area contributed by atoms with E-state index in [1.807, 2.05) is 6.07 Å². The number of amides is 1. The summed E-state index contributed by atoms with van der Waals surface area (Å²) in [5.41, 5.74) is -0.584. The topological polar surface area (TPSA) is 96.0 Å². The normalized spacial score (nSPS) is 13.2. The Kier molecular flexibility index (Phi) is 4.22. The summed E-state index contributed by atoms with van der Waals surface area (Å²) in [6, 6.07) is 6.29. The number of benzene rings is 1. The lowest BCUT2D eigenvalue weighted by molar-refractivity contribution is -0.385. The summed E-state index contributed by atoms with van der Waals surface area (Å²) >= 11 is 0. The second-order valence-electron chi connectivity index (χ2n) is 4.53. The predicted octanol–water partition coefficient (Wildman–Crippen LogP) is 2.33. The second-order valence-corrected chi connectivity index (χ2v) is 4.53. The fourth-order valence-electron chi connectivity index (χ4n) is 1.50. The summed E-state index contributed by atoms with van der Waals surface area (Å²) < 4.78 is 0. The maximum absolute atomic E-state index is 12.1. The van der Waals surface area contributed by atoms with E-state index in [1.54, 1.807) is 26.8 Å². The van der Waals surface area contributed by atoms with Crippen molar-refractivity contribution in [3.8, 4) is 6.07 Å². The number of nitrogens with one attached hydrogen (secondary N) is 1. The van der Waals surface area contributed by atoms with E-state index in [0.717, 1.165) is 5.56 Å². The van der Waals surface area contributed by atoms with Gasteiger partial charge in [-0.05, 0) is 31.9 Å². The summed E-state index contributed by atoms with van der Waals surface area (Å²) in [6.07, 6.45) is 0.412. The third kappa shape index (κ3) is 3.28. The molecule has 0 aromatic heterocycles. The van der Waals surface area contributed by atoms with Gasteiger partial charge in [-0.25, -0.2) is 0 Å². The SMILES string of the molecule is CCC(C)(C#N)NC(=O)c1cc(C)ccc1[N+](=O)[O-]. The van der Waals surface area contributed by atoms with Crippen LogP contribution in [0.15, 0.2) is 18.2 Å². The fraction of sp³-hybridized carbons (Fsp3) is 0.385. The van der Waals surface area contributed by atoms with Crippen LogP contribution in [0.2, 0.25) is 0 Å². The molecule has 0 radical (unpaired) electrons. The van der Waals surface area contributed by atoms with E-state index in [1.165, 1.54) is 12.1 Å². The van der Waals surface area contributed by atoms with E-state index in [-0.39, 0.29) is 11.3 Å². The first-order valence-electron chi connectivity index (χ1n) is 5.82. The lowest BCUT2D eigenvalue weighted by atomic mass is 10.00. The Morgan fingerprint density at radius 1 is 1.58 bits per heavy atom. The molecule has 0 saturated heterocycles. The van der Waals surface area contributed by atoms with Gasteiger partial charge in [-0.1, -0.05) is 13.0 Å². The molecule has 19 heavy (non-hydrogen) atoms. The Labute approximate surface area is 111 Å². The number of carbonyl (C=O) groups excluding carboxylic acids is 1. The van der Waals surface area contributed by atoms with Crippen molar-refractivity contribution in [1.82, 2.24) is 5.32 Å². The van der Waals surface area contributed by atoms with Crippen LogP contribution < -0.4 is 5.32 Å². The molecule has 0 bridgehead atoms. The van der Waals surface area contributed by atoms with Gasteiger partial charge in [0.25, 0.3) is 11.6 Å². The molecule has 1 unspecified atom stereocenters. The zero-order valence-corrected chi connectivity index (χ0v) is 11.1. The number of rotatable bonds is 4. The van der Waals surface area contributed by atoms with E-state index in [4.69, 9.17) is 5.26 Å². The number of nitro benzene ring substituents is 1. The minimum Gasteiger partial charge on any atom is -0.334 e. The maximum atomic E-state index is 12.1. The molecular weight excluding hydrogens is 246 g/mol. The highest BCUT2D eigenvalue weighted by atomic mass is 16.6. The van der Waals surface area contributed by atoms with Crippen molar-refractivity contribution in [3.63, 3.8) is 0 Å². The number of hydrogen-bond donors (Lipinski definition) is 1. The molecule has 0 aliphatic carbocycles. The van der Waals surface area contributed by atoms with Crippen LogP contribution in [-0.2, 0) is 0 Å². The van der Waals surface area contributed by atoms with Gasteiger partial charge in [0.1, 0.15) is 11.1 Å². The second kappa shape index (κ2) is 5.48. The number of nitro groups is 1. The van der Waals surface area contributed by atoms with Gasteiger partial charge in [0.2, 0.25) is 0 Å². The minimum absolute atomic E-state index is 0.0278. The Morgan fingerprint density at radius 2 is 2.21 bits per heavy atom. The highest BCUT2D eigenvalue weighted by Gasteiger charge is 2.28. The summed E-state index contributed by atoms with van der Waals surface area (Å²) in [6.45, 7) is 5.07. The molecule has 0 fully saturated rings. The van der Waals surface area contributed by atoms with E-state index in [0.29, 0.717) is 6.42 Å². The van der Waals surface area contributed by atoms with Crippen LogP contribution in [0.3, 0.4) is 0 Å². The monoisotopic (exact) mass is 261 g/mol. The molecule has 6 nitrogen and oxygen atoms in total. The number of aryl methyl sites for hydroxylation is 1. The third-order valence-corrected chi connectivity index (χ3v) is 2.94. The van der Waals surface area contributed by atoms with Crippen molar-refractivity contribution in [1.29, 1.82) is 5.26 Å². The lowest BCUT2D eigenvalue weighted by Crippen LogP contribution is -2.44. The quantitative estimate of drug-likeness (QED) is 0.664. The molecule has 1 N–H and O–H groups in total. The van der Waals surface area contributed by atoms with E-state index in [9.17, 15) is 14.9 Å². The van der Waals surface area contributed by atoms with Gasteiger partial charge >= 0.3 is 0 Å². The van der Waals surface area contributed by atoms with E-state index >= 15 is 0 Å². The van der Waals surface area contributed by atoms with Crippen molar-refractivity contribution in [3.05, 3.63) is 39.4 Å². The largest absolute Gasteiger partial charge is 0.334 e. The fourth-order valence-corrected chi connectivity index (χ4v) is 1.50. The molecule has 0 heterocycles. The molecule has 0 aliphatic heterocycles. The van der Waals surface area contributed by atoms with Crippen molar-refractivity contribution in [2.45, 2.75) is 32.7 Å². The molecule has 0 spiro atoms. The highest BCUT2D eigenvalue weighted by Crippen LogP contribution is 2.21. The summed E-state index contributed by atoms with van der Waals surface area (Å²) in [5, 5.41) is 22.4. The van der Waals surface area contributed by atoms with Crippen LogP contribution in [0.5, 0.6) is 0 Å². The zero-order valence-electron chi connectivity index (χ0n) is 11.1. The Morgan fingerprint density at radius 3 is 2.68 bits per heavy atom. The van der Waals surface area contributed by atoms with Gasteiger partial charge in [0.05, 0.1) is 11.0 Å². The van der Waals surface area contributed by atoms with Crippen molar-refractivity contribution in [2.75, 3.05) is 0 Å². The molecule has 6 heteroatoms. The van der Waals surface area contributed by atoms with Crippen molar-refractivity contribution in [2.24, 2.45) is 0 Å². The van der Waals surface area contributed by atoms with Gasteiger partial charge in [-0.15, -0.1) is 0 Å². The van der Waals surface area contributed by atoms with Gasteiger partial charge in [-0.3, -0.25) is 14.9 Å². The first kappa shape index (κ1) is 14.6. The smallest absolute Gasteiger partial charge is 0.282 e. The summed E-state index contributed by atoms with van der Waals surface area (Å²) in [4.78, 5) is 22.4. The van der Waals surface area contributed by atoms with Gasteiger partial charge < -0.3 is 5.32 Å². The molecule has 0 saturated carbocycles. The van der Waals surface area contributed by atoms with E-state index < -0.39 is 16.4 Å². The van der Waals surface area contributed by atoms with Crippen molar-refractivity contribution >= 4 is 11.6 Å². The molecule has 1 aromatic rings. The summed E-state index contributed by atoms with van der Waals surface area (Å²) in [7, 11) is 0. The van der Waals surface area contributed by atoms with Gasteiger partial charge in [0, 0.05) is 6.07 Å². The first-order chi connectivity index (χ1) is 8.83. The molecule has 1 rings (SSSR count). The molecular formula is C13H15N3O3. The minimum atomic E-state index is -1.03. The van der Waals surface area contributed by atoms with Crippen LogP contribution in [0, 0.1) is 28.4 Å². The van der Waals surface area contributed by atoms with E-state index in [2.05, 4.69) is 5.32 Å². The Hall–Kier alpha value is -2.42. The molecule has 1 aromatic carbocycles. The Bertz CT molecular complexity index is 563. The van der Waals surface area contributed by atoms with Gasteiger partial charge in [0.15, 0.2) is 0 Å². The van der Waals surface area contributed by atoms with Crippen LogP contribution in [0.1, 0.15) is 36.2 Å². The first-order valence-corrected chi connectivity index (χ1v) is 5.82.